The number of ether oxygens (including phenoxy) is 1. The van der Waals surface area contributed by atoms with Crippen molar-refractivity contribution in [3.05, 3.63) is 29.3 Å². The van der Waals surface area contributed by atoms with E-state index in [-0.39, 0.29) is 35.2 Å². The molecule has 1 aromatic rings. The van der Waals surface area contributed by atoms with Crippen LogP contribution in [0, 0.1) is 12.3 Å². The fourth-order valence-corrected chi connectivity index (χ4v) is 3.72. The predicted octanol–water partition coefficient (Wildman–Crippen LogP) is 3.04. The van der Waals surface area contributed by atoms with Crippen LogP contribution in [-0.2, 0) is 10.2 Å². The van der Waals surface area contributed by atoms with Gasteiger partial charge < -0.3 is 15.4 Å². The van der Waals surface area contributed by atoms with Gasteiger partial charge in [-0.25, -0.2) is 0 Å². The van der Waals surface area contributed by atoms with E-state index in [0.29, 0.717) is 0 Å². The van der Waals surface area contributed by atoms with Gasteiger partial charge in [-0.3, -0.25) is 4.79 Å². The second-order valence-electron chi connectivity index (χ2n) is 7.88. The number of nitrogens with two attached hydrogens (primary N) is 1. The first-order valence-electron chi connectivity index (χ1n) is 8.50. The van der Waals surface area contributed by atoms with Gasteiger partial charge in [0.2, 0.25) is 5.91 Å². The van der Waals surface area contributed by atoms with Gasteiger partial charge >= 0.3 is 0 Å². The van der Waals surface area contributed by atoms with Crippen LogP contribution in [0.5, 0.6) is 5.75 Å². The van der Waals surface area contributed by atoms with Gasteiger partial charge in [0.15, 0.2) is 0 Å². The minimum atomic E-state index is -0.335. The molecule has 4 nitrogen and oxygen atoms in total. The third-order valence-electron chi connectivity index (χ3n) is 5.72. The Labute approximate surface area is 151 Å². The number of methoxy groups -OCH3 is 1. The molecule has 2 fully saturated rings. The molecule has 0 radical (unpaired) electrons. The van der Waals surface area contributed by atoms with Crippen LogP contribution in [0.3, 0.4) is 0 Å². The zero-order valence-electron chi connectivity index (χ0n) is 15.1. The summed E-state index contributed by atoms with van der Waals surface area (Å²) in [5.74, 6) is 1.13. The summed E-state index contributed by atoms with van der Waals surface area (Å²) in [6, 6.07) is 6.35. The number of hydrogen-bond donors (Lipinski definition) is 1. The quantitative estimate of drug-likeness (QED) is 0.909. The van der Waals surface area contributed by atoms with E-state index in [9.17, 15) is 4.79 Å². The number of likely N-dealkylation sites (tertiary alicyclic amines) is 1. The van der Waals surface area contributed by atoms with Crippen molar-refractivity contribution in [3.8, 4) is 5.75 Å². The molecule has 134 valence electrons. The molecule has 3 rings (SSSR count). The van der Waals surface area contributed by atoms with E-state index >= 15 is 0 Å². The number of halogens is 1. The van der Waals surface area contributed by atoms with Crippen molar-refractivity contribution in [3.63, 3.8) is 0 Å². The molecular formula is C19H29ClN2O2. The number of carbonyl (C=O) groups is 1. The zero-order valence-corrected chi connectivity index (χ0v) is 15.9. The molecule has 5 heteroatoms. The number of hydrogen-bond acceptors (Lipinski definition) is 3. The largest absolute Gasteiger partial charge is 0.496 e. The summed E-state index contributed by atoms with van der Waals surface area (Å²) < 4.78 is 5.44. The van der Waals surface area contributed by atoms with Crippen LogP contribution in [0.25, 0.3) is 0 Å². The Bertz CT molecular complexity index is 626. The third kappa shape index (κ3) is 3.14. The van der Waals surface area contributed by atoms with Gasteiger partial charge in [-0.05, 0) is 48.8 Å². The average molecular weight is 353 g/mol. The van der Waals surface area contributed by atoms with Crippen molar-refractivity contribution in [2.24, 2.45) is 11.1 Å². The summed E-state index contributed by atoms with van der Waals surface area (Å²) >= 11 is 0. The SMILES string of the molecule is COc1cc(C2(C(=O)N3CCC(N)C(C)(C)C3)CC2)ccc1C.Cl. The van der Waals surface area contributed by atoms with E-state index < -0.39 is 0 Å². The van der Waals surface area contributed by atoms with Crippen LogP contribution in [0.15, 0.2) is 18.2 Å². The minimum Gasteiger partial charge on any atom is -0.496 e. The topological polar surface area (TPSA) is 55.6 Å². The standard InChI is InChI=1S/C19H28N2O2.ClH/c1-13-5-6-14(11-15(13)23-4)19(8-9-19)17(22)21-10-7-16(20)18(2,3)12-21;/h5-6,11,16H,7-10,12,20H2,1-4H3;1H. The molecule has 2 N–H and O–H groups in total. The first kappa shape index (κ1) is 19.1. The van der Waals surface area contributed by atoms with Crippen molar-refractivity contribution in [2.75, 3.05) is 20.2 Å². The van der Waals surface area contributed by atoms with E-state index in [1.165, 1.54) is 0 Å². The Morgan fingerprint density at radius 3 is 2.54 bits per heavy atom. The van der Waals surface area contributed by atoms with Gasteiger partial charge in [0, 0.05) is 19.1 Å². The number of aryl methyl sites for hydroxylation is 1. The first-order chi connectivity index (χ1) is 10.8. The molecule has 1 saturated heterocycles. The summed E-state index contributed by atoms with van der Waals surface area (Å²) in [7, 11) is 1.68. The number of nitrogens with zero attached hydrogens (tertiary/aromatic N) is 1. The van der Waals surface area contributed by atoms with Gasteiger partial charge in [0.05, 0.1) is 12.5 Å². The summed E-state index contributed by atoms with van der Waals surface area (Å²) in [6.45, 7) is 7.86. The molecule has 1 aliphatic carbocycles. The third-order valence-corrected chi connectivity index (χ3v) is 5.72. The fourth-order valence-electron chi connectivity index (χ4n) is 3.72. The number of amides is 1. The molecule has 1 amide bonds. The highest BCUT2D eigenvalue weighted by Crippen LogP contribution is 2.51. The van der Waals surface area contributed by atoms with Crippen LogP contribution >= 0.6 is 12.4 Å². The molecule has 1 unspecified atom stereocenters. The van der Waals surface area contributed by atoms with Crippen LogP contribution in [0.2, 0.25) is 0 Å². The Morgan fingerprint density at radius 1 is 1.33 bits per heavy atom. The molecule has 1 aliphatic heterocycles. The van der Waals surface area contributed by atoms with Crippen molar-refractivity contribution in [1.82, 2.24) is 4.90 Å². The lowest BCUT2D eigenvalue weighted by molar-refractivity contribution is -0.137. The molecule has 2 aliphatic rings. The van der Waals surface area contributed by atoms with Crippen molar-refractivity contribution < 1.29 is 9.53 Å². The van der Waals surface area contributed by atoms with Gasteiger partial charge in [-0.2, -0.15) is 0 Å². The highest BCUT2D eigenvalue weighted by molar-refractivity contribution is 5.91. The van der Waals surface area contributed by atoms with Crippen molar-refractivity contribution >= 4 is 18.3 Å². The number of rotatable bonds is 3. The smallest absolute Gasteiger partial charge is 0.233 e. The van der Waals surface area contributed by atoms with Crippen LogP contribution in [0.4, 0.5) is 0 Å². The maximum Gasteiger partial charge on any atom is 0.233 e. The monoisotopic (exact) mass is 352 g/mol. The summed E-state index contributed by atoms with van der Waals surface area (Å²) in [4.78, 5) is 15.2. The lowest BCUT2D eigenvalue weighted by Crippen LogP contribution is -2.55. The molecule has 0 bridgehead atoms. The second kappa shape index (κ2) is 6.57. The van der Waals surface area contributed by atoms with E-state index in [0.717, 1.165) is 49.2 Å². The lowest BCUT2D eigenvalue weighted by atomic mass is 9.79. The maximum atomic E-state index is 13.2. The molecule has 1 atom stereocenters. The number of benzene rings is 1. The second-order valence-corrected chi connectivity index (χ2v) is 7.88. The summed E-state index contributed by atoms with van der Waals surface area (Å²) in [6.07, 6.45) is 2.74. The molecule has 0 aromatic heterocycles. The Kier molecular flexibility index (Phi) is 5.22. The van der Waals surface area contributed by atoms with Crippen LogP contribution in [-0.4, -0.2) is 37.0 Å². The Balaban J connectivity index is 0.00000208. The Hall–Kier alpha value is -1.26. The normalized spacial score (nSPS) is 24.0. The molecular weight excluding hydrogens is 324 g/mol. The fraction of sp³-hybridized carbons (Fsp3) is 0.632. The summed E-state index contributed by atoms with van der Waals surface area (Å²) in [5.41, 5.74) is 8.05. The van der Waals surface area contributed by atoms with E-state index in [2.05, 4.69) is 26.0 Å². The van der Waals surface area contributed by atoms with Gasteiger partial charge in [-0.15, -0.1) is 12.4 Å². The Morgan fingerprint density at radius 2 is 2.00 bits per heavy atom. The molecule has 1 aromatic carbocycles. The highest BCUT2D eigenvalue weighted by atomic mass is 35.5. The highest BCUT2D eigenvalue weighted by Gasteiger charge is 2.54. The first-order valence-corrected chi connectivity index (χ1v) is 8.50. The zero-order chi connectivity index (χ0) is 16.8. The van der Waals surface area contributed by atoms with E-state index in [4.69, 9.17) is 10.5 Å². The summed E-state index contributed by atoms with van der Waals surface area (Å²) in [5, 5.41) is 0. The number of piperidine rings is 1. The van der Waals surface area contributed by atoms with Gasteiger partial charge in [-0.1, -0.05) is 26.0 Å². The van der Waals surface area contributed by atoms with Gasteiger partial charge in [0.25, 0.3) is 0 Å². The molecule has 24 heavy (non-hydrogen) atoms. The molecule has 1 heterocycles. The van der Waals surface area contributed by atoms with E-state index in [1.54, 1.807) is 7.11 Å². The lowest BCUT2D eigenvalue weighted by Gasteiger charge is -2.43. The maximum absolute atomic E-state index is 13.2. The van der Waals surface area contributed by atoms with Crippen molar-refractivity contribution in [2.45, 2.75) is 51.5 Å². The van der Waals surface area contributed by atoms with Crippen LogP contribution in [0.1, 0.15) is 44.2 Å². The average Bonchev–Trinajstić information content (AvgIpc) is 3.31. The molecule has 1 saturated carbocycles. The van der Waals surface area contributed by atoms with Crippen molar-refractivity contribution in [1.29, 1.82) is 0 Å². The molecule has 0 spiro atoms. The van der Waals surface area contributed by atoms with Crippen LogP contribution < -0.4 is 10.5 Å². The number of carbonyl (C=O) groups excluding carboxylic acids is 1. The minimum absolute atomic E-state index is 0. The predicted molar refractivity (Wildman–Crippen MR) is 98.8 cm³/mol. The van der Waals surface area contributed by atoms with Gasteiger partial charge in [0.1, 0.15) is 5.75 Å². The van der Waals surface area contributed by atoms with E-state index in [1.807, 2.05) is 17.9 Å².